The normalized spacial score (nSPS) is 33.3. The molecule has 0 aromatic rings. The largest absolute Gasteiger partial charge is 0.369 e. The molecule has 2 aliphatic rings. The molecule has 0 spiro atoms. The summed E-state index contributed by atoms with van der Waals surface area (Å²) in [6.07, 6.45) is 20.8. The Hall–Kier alpha value is -0.530. The highest BCUT2D eigenvalue weighted by Gasteiger charge is 2.41. The van der Waals surface area contributed by atoms with Crippen molar-refractivity contribution < 1.29 is 4.79 Å². The molecular formula is C23H43NO. The van der Waals surface area contributed by atoms with Crippen LogP contribution in [-0.4, -0.2) is 5.91 Å². The molecule has 1 amide bonds. The molecule has 0 saturated heterocycles. The van der Waals surface area contributed by atoms with E-state index in [0.29, 0.717) is 0 Å². The third kappa shape index (κ3) is 6.00. The van der Waals surface area contributed by atoms with Gasteiger partial charge in [0.05, 0.1) is 0 Å². The van der Waals surface area contributed by atoms with E-state index in [2.05, 4.69) is 13.8 Å². The maximum atomic E-state index is 12.1. The predicted molar refractivity (Wildman–Crippen MR) is 107 cm³/mol. The Kier molecular flexibility index (Phi) is 8.79. The first-order chi connectivity index (χ1) is 12.1. The summed E-state index contributed by atoms with van der Waals surface area (Å²) in [7, 11) is 0. The molecular weight excluding hydrogens is 306 g/mol. The average Bonchev–Trinajstić information content (AvgIpc) is 2.63. The van der Waals surface area contributed by atoms with Gasteiger partial charge in [-0.2, -0.15) is 0 Å². The average molecular weight is 350 g/mol. The zero-order valence-electron chi connectivity index (χ0n) is 17.0. The lowest BCUT2D eigenvalue weighted by molar-refractivity contribution is -0.131. The van der Waals surface area contributed by atoms with Gasteiger partial charge in [-0.05, 0) is 62.7 Å². The van der Waals surface area contributed by atoms with Gasteiger partial charge in [-0.1, -0.05) is 71.6 Å². The molecule has 0 aliphatic heterocycles. The van der Waals surface area contributed by atoms with E-state index >= 15 is 0 Å². The standard InChI is InChI=1S/C23H43NO/c1-3-5-7-9-19-10-12-20(13-11-19)21-14-17-23(18-15-21,22(24)25)16-8-6-4-2/h19-21H,3-18H2,1-2H3,(H2,24,25)/t19?,20?,21-,23+. The molecule has 2 rings (SSSR count). The number of amides is 1. The Morgan fingerprint density at radius 3 is 1.96 bits per heavy atom. The van der Waals surface area contributed by atoms with Gasteiger partial charge in [0.15, 0.2) is 0 Å². The van der Waals surface area contributed by atoms with Crippen LogP contribution in [0.3, 0.4) is 0 Å². The molecule has 0 unspecified atom stereocenters. The first-order valence-electron chi connectivity index (χ1n) is 11.4. The molecule has 2 aliphatic carbocycles. The van der Waals surface area contributed by atoms with Crippen molar-refractivity contribution in [3.8, 4) is 0 Å². The van der Waals surface area contributed by atoms with Gasteiger partial charge in [0.25, 0.3) is 0 Å². The van der Waals surface area contributed by atoms with Gasteiger partial charge in [-0.25, -0.2) is 0 Å². The molecule has 2 saturated carbocycles. The fraction of sp³-hybridized carbons (Fsp3) is 0.957. The Morgan fingerprint density at radius 2 is 1.40 bits per heavy atom. The summed E-state index contributed by atoms with van der Waals surface area (Å²) in [6.45, 7) is 4.53. The van der Waals surface area contributed by atoms with E-state index < -0.39 is 0 Å². The van der Waals surface area contributed by atoms with Crippen molar-refractivity contribution >= 4 is 5.91 Å². The van der Waals surface area contributed by atoms with E-state index in [4.69, 9.17) is 5.73 Å². The van der Waals surface area contributed by atoms with Crippen LogP contribution in [0.5, 0.6) is 0 Å². The SMILES string of the molecule is CCCCCC1CCC([C@H]2CC[C@@](CCCCC)(C(N)=O)CC2)CC1. The van der Waals surface area contributed by atoms with E-state index in [1.807, 2.05) is 0 Å². The first kappa shape index (κ1) is 20.8. The fourth-order valence-corrected chi connectivity index (χ4v) is 5.63. The highest BCUT2D eigenvalue weighted by molar-refractivity contribution is 5.80. The van der Waals surface area contributed by atoms with Gasteiger partial charge >= 0.3 is 0 Å². The van der Waals surface area contributed by atoms with E-state index in [9.17, 15) is 4.79 Å². The van der Waals surface area contributed by atoms with Crippen LogP contribution < -0.4 is 5.73 Å². The number of rotatable bonds is 10. The van der Waals surface area contributed by atoms with E-state index in [-0.39, 0.29) is 11.3 Å². The number of carbonyl (C=O) groups is 1. The quantitative estimate of drug-likeness (QED) is 0.443. The van der Waals surface area contributed by atoms with Crippen molar-refractivity contribution in [2.75, 3.05) is 0 Å². The van der Waals surface area contributed by atoms with Crippen molar-refractivity contribution in [1.82, 2.24) is 0 Å². The Bertz CT molecular complexity index is 376. The molecule has 0 bridgehead atoms. The summed E-state index contributed by atoms with van der Waals surface area (Å²) < 4.78 is 0. The number of nitrogens with two attached hydrogens (primary N) is 1. The van der Waals surface area contributed by atoms with Crippen LogP contribution in [0.15, 0.2) is 0 Å². The van der Waals surface area contributed by atoms with Gasteiger partial charge in [0.2, 0.25) is 5.91 Å². The van der Waals surface area contributed by atoms with Gasteiger partial charge < -0.3 is 5.73 Å². The van der Waals surface area contributed by atoms with Crippen LogP contribution >= 0.6 is 0 Å². The van der Waals surface area contributed by atoms with E-state index in [1.165, 1.54) is 83.5 Å². The number of carbonyl (C=O) groups excluding carboxylic acids is 1. The minimum atomic E-state index is -0.164. The van der Waals surface area contributed by atoms with Gasteiger partial charge in [0.1, 0.15) is 0 Å². The maximum absolute atomic E-state index is 12.1. The van der Waals surface area contributed by atoms with Gasteiger partial charge in [-0.3, -0.25) is 4.79 Å². The van der Waals surface area contributed by atoms with Crippen LogP contribution in [0.4, 0.5) is 0 Å². The Morgan fingerprint density at radius 1 is 0.840 bits per heavy atom. The van der Waals surface area contributed by atoms with Crippen molar-refractivity contribution in [2.45, 2.75) is 117 Å². The summed E-state index contributed by atoms with van der Waals surface area (Å²) in [5.41, 5.74) is 5.68. The van der Waals surface area contributed by atoms with Crippen LogP contribution in [0.2, 0.25) is 0 Å². The number of hydrogen-bond acceptors (Lipinski definition) is 1. The second-order valence-corrected chi connectivity index (χ2v) is 9.22. The van der Waals surface area contributed by atoms with Crippen LogP contribution in [-0.2, 0) is 4.79 Å². The van der Waals surface area contributed by atoms with Crippen LogP contribution in [0.25, 0.3) is 0 Å². The summed E-state index contributed by atoms with van der Waals surface area (Å²) in [6, 6.07) is 0. The fourth-order valence-electron chi connectivity index (χ4n) is 5.63. The third-order valence-electron chi connectivity index (χ3n) is 7.54. The van der Waals surface area contributed by atoms with Crippen LogP contribution in [0.1, 0.15) is 117 Å². The number of primary amides is 1. The molecule has 0 aromatic carbocycles. The van der Waals surface area contributed by atoms with Crippen molar-refractivity contribution in [3.63, 3.8) is 0 Å². The predicted octanol–water partition coefficient (Wildman–Crippen LogP) is 6.62. The van der Waals surface area contributed by atoms with E-state index in [1.54, 1.807) is 0 Å². The molecule has 25 heavy (non-hydrogen) atoms. The second kappa shape index (κ2) is 10.6. The minimum Gasteiger partial charge on any atom is -0.369 e. The summed E-state index contributed by atoms with van der Waals surface area (Å²) in [4.78, 5) is 12.1. The monoisotopic (exact) mass is 349 g/mol. The number of unbranched alkanes of at least 4 members (excludes halogenated alkanes) is 4. The highest BCUT2D eigenvalue weighted by atomic mass is 16.1. The lowest BCUT2D eigenvalue weighted by Crippen LogP contribution is -2.41. The van der Waals surface area contributed by atoms with Gasteiger partial charge in [0, 0.05) is 5.41 Å². The molecule has 0 atom stereocenters. The van der Waals surface area contributed by atoms with Crippen molar-refractivity contribution in [3.05, 3.63) is 0 Å². The van der Waals surface area contributed by atoms with E-state index in [0.717, 1.165) is 37.0 Å². The summed E-state index contributed by atoms with van der Waals surface area (Å²) in [5.74, 6) is 2.80. The topological polar surface area (TPSA) is 43.1 Å². The third-order valence-corrected chi connectivity index (χ3v) is 7.54. The first-order valence-corrected chi connectivity index (χ1v) is 11.4. The Balaban J connectivity index is 1.75. The molecule has 0 aromatic heterocycles. The van der Waals surface area contributed by atoms with Crippen molar-refractivity contribution in [1.29, 1.82) is 0 Å². The summed E-state index contributed by atoms with van der Waals surface area (Å²) >= 11 is 0. The maximum Gasteiger partial charge on any atom is 0.223 e. The van der Waals surface area contributed by atoms with Crippen molar-refractivity contribution in [2.24, 2.45) is 28.9 Å². The minimum absolute atomic E-state index is 0.0123. The molecule has 0 heterocycles. The van der Waals surface area contributed by atoms with Crippen LogP contribution in [0, 0.1) is 23.2 Å². The zero-order valence-corrected chi connectivity index (χ0v) is 17.0. The zero-order chi connectivity index (χ0) is 18.1. The second-order valence-electron chi connectivity index (χ2n) is 9.22. The molecule has 0 radical (unpaired) electrons. The lowest BCUT2D eigenvalue weighted by atomic mass is 9.62. The molecule has 146 valence electrons. The lowest BCUT2D eigenvalue weighted by Gasteiger charge is -2.42. The molecule has 2 heteroatoms. The highest BCUT2D eigenvalue weighted by Crippen LogP contribution is 2.48. The molecule has 2 nitrogen and oxygen atoms in total. The molecule has 2 N–H and O–H groups in total. The summed E-state index contributed by atoms with van der Waals surface area (Å²) in [5, 5.41) is 0. The Labute approximate surface area is 156 Å². The molecule has 2 fully saturated rings. The smallest absolute Gasteiger partial charge is 0.223 e. The number of hydrogen-bond donors (Lipinski definition) is 1. The van der Waals surface area contributed by atoms with Gasteiger partial charge in [-0.15, -0.1) is 0 Å².